The zero-order valence-corrected chi connectivity index (χ0v) is 10.2. The Morgan fingerprint density at radius 3 is 2.53 bits per heavy atom. The van der Waals surface area contributed by atoms with Gasteiger partial charge in [0.05, 0.1) is 0 Å². The van der Waals surface area contributed by atoms with Gasteiger partial charge in [0.1, 0.15) is 5.33 Å². The molecule has 0 aromatic heterocycles. The van der Waals surface area contributed by atoms with Crippen molar-refractivity contribution in [2.45, 2.75) is 38.1 Å². The van der Waals surface area contributed by atoms with Crippen molar-refractivity contribution in [1.29, 1.82) is 0 Å². The first-order valence-electron chi connectivity index (χ1n) is 5.23. The van der Waals surface area contributed by atoms with Gasteiger partial charge >= 0.3 is 5.97 Å². The second kappa shape index (κ2) is 6.82. The van der Waals surface area contributed by atoms with Crippen LogP contribution in [0.15, 0.2) is 0 Å². The van der Waals surface area contributed by atoms with Crippen LogP contribution in [0.1, 0.15) is 32.1 Å². The van der Waals surface area contributed by atoms with Crippen LogP contribution < -0.4 is 5.32 Å². The Morgan fingerprint density at radius 1 is 1.27 bits per heavy atom. The van der Waals surface area contributed by atoms with E-state index < -0.39 is 5.97 Å². The molecule has 1 amide bonds. The molecule has 0 heterocycles. The first kappa shape index (κ1) is 12.5. The van der Waals surface area contributed by atoms with Gasteiger partial charge in [-0.3, -0.25) is 9.59 Å². The number of carbonyl (C=O) groups is 2. The van der Waals surface area contributed by atoms with Crippen LogP contribution in [0.5, 0.6) is 0 Å². The number of carbonyl (C=O) groups excluding carboxylic acids is 2. The number of alkyl halides is 1. The topological polar surface area (TPSA) is 55.4 Å². The zero-order chi connectivity index (χ0) is 11.1. The number of hydrogen-bond acceptors (Lipinski definition) is 3. The van der Waals surface area contributed by atoms with Crippen LogP contribution in [0.4, 0.5) is 0 Å². The number of hydrogen-bond donors (Lipinski definition) is 1. The Bertz CT molecular complexity index is 227. The predicted molar refractivity (Wildman–Crippen MR) is 59.8 cm³/mol. The molecule has 86 valence electrons. The predicted octanol–water partition coefficient (Wildman–Crippen LogP) is 1.37. The molecule has 0 atom stereocenters. The second-order valence-corrected chi connectivity index (χ2v) is 4.26. The third kappa shape index (κ3) is 5.16. The summed E-state index contributed by atoms with van der Waals surface area (Å²) in [6.07, 6.45) is 5.68. The Morgan fingerprint density at radius 2 is 1.93 bits per heavy atom. The Kier molecular flexibility index (Phi) is 5.68. The van der Waals surface area contributed by atoms with Crippen molar-refractivity contribution in [3.8, 4) is 0 Å². The third-order valence-corrected chi connectivity index (χ3v) is 2.90. The fourth-order valence-corrected chi connectivity index (χ4v) is 1.86. The molecule has 1 N–H and O–H groups in total. The van der Waals surface area contributed by atoms with Crippen LogP contribution in [0, 0.1) is 0 Å². The molecule has 0 saturated heterocycles. The number of esters is 1. The van der Waals surface area contributed by atoms with Crippen LogP contribution in [-0.2, 0) is 14.3 Å². The summed E-state index contributed by atoms with van der Waals surface area (Å²) in [6, 6.07) is 0.272. The van der Waals surface area contributed by atoms with Crippen LogP contribution in [0.2, 0.25) is 0 Å². The van der Waals surface area contributed by atoms with Crippen LogP contribution >= 0.6 is 15.9 Å². The Labute approximate surface area is 97.9 Å². The average Bonchev–Trinajstić information content (AvgIpc) is 2.27. The Hall–Kier alpha value is -0.580. The van der Waals surface area contributed by atoms with Crippen molar-refractivity contribution >= 4 is 27.8 Å². The normalized spacial score (nSPS) is 17.1. The standard InChI is InChI=1S/C10H16BrNO3/c11-6-10(14)15-7-9(13)12-8-4-2-1-3-5-8/h8H,1-7H2,(H,12,13). The number of rotatable bonds is 4. The lowest BCUT2D eigenvalue weighted by Crippen LogP contribution is -2.38. The number of amides is 1. The lowest BCUT2D eigenvalue weighted by Gasteiger charge is -2.22. The number of nitrogens with one attached hydrogen (secondary N) is 1. The molecule has 0 aromatic carbocycles. The van der Waals surface area contributed by atoms with E-state index in [1.807, 2.05) is 0 Å². The summed E-state index contributed by atoms with van der Waals surface area (Å²) < 4.78 is 4.70. The first-order valence-corrected chi connectivity index (χ1v) is 6.35. The zero-order valence-electron chi connectivity index (χ0n) is 8.63. The van der Waals surface area contributed by atoms with Gasteiger partial charge in [-0.15, -0.1) is 0 Å². The summed E-state index contributed by atoms with van der Waals surface area (Å²) in [5.74, 6) is -0.606. The Balaban J connectivity index is 2.14. The van der Waals surface area contributed by atoms with Crippen molar-refractivity contribution in [2.24, 2.45) is 0 Å². The highest BCUT2D eigenvalue weighted by Gasteiger charge is 2.16. The maximum atomic E-state index is 11.3. The third-order valence-electron chi connectivity index (χ3n) is 2.44. The van der Waals surface area contributed by atoms with E-state index in [0.29, 0.717) is 0 Å². The van der Waals surface area contributed by atoms with Crippen molar-refractivity contribution in [1.82, 2.24) is 5.32 Å². The summed E-state index contributed by atoms with van der Waals surface area (Å²) in [6.45, 7) is -0.166. The van der Waals surface area contributed by atoms with E-state index in [4.69, 9.17) is 4.74 Å². The summed E-state index contributed by atoms with van der Waals surface area (Å²) in [4.78, 5) is 22.1. The molecule has 0 radical (unpaired) electrons. The molecule has 0 aromatic rings. The lowest BCUT2D eigenvalue weighted by atomic mass is 9.95. The molecule has 5 heteroatoms. The summed E-state index contributed by atoms with van der Waals surface area (Å²) in [5.41, 5.74) is 0. The molecule has 4 nitrogen and oxygen atoms in total. The van der Waals surface area contributed by atoms with E-state index in [-0.39, 0.29) is 23.9 Å². The molecule has 15 heavy (non-hydrogen) atoms. The molecule has 1 saturated carbocycles. The van der Waals surface area contributed by atoms with Gasteiger partial charge in [-0.25, -0.2) is 0 Å². The highest BCUT2D eigenvalue weighted by Crippen LogP contribution is 2.17. The fraction of sp³-hybridized carbons (Fsp3) is 0.800. The van der Waals surface area contributed by atoms with E-state index >= 15 is 0 Å². The molecule has 0 aliphatic heterocycles. The van der Waals surface area contributed by atoms with Crippen LogP contribution in [-0.4, -0.2) is 29.9 Å². The van der Waals surface area contributed by atoms with Gasteiger partial charge in [0.2, 0.25) is 0 Å². The first-order chi connectivity index (χ1) is 7.22. The molecule has 0 bridgehead atoms. The SMILES string of the molecule is O=C(COC(=O)CBr)NC1CCCCC1. The summed E-state index contributed by atoms with van der Waals surface area (Å²) in [7, 11) is 0. The minimum absolute atomic E-state index is 0.129. The lowest BCUT2D eigenvalue weighted by molar-refractivity contribution is -0.146. The van der Waals surface area contributed by atoms with E-state index in [2.05, 4.69) is 21.2 Å². The largest absolute Gasteiger partial charge is 0.455 e. The molecule has 0 unspecified atom stereocenters. The molecule has 1 rings (SSSR count). The monoisotopic (exact) mass is 277 g/mol. The van der Waals surface area contributed by atoms with E-state index in [1.54, 1.807) is 0 Å². The molecular weight excluding hydrogens is 262 g/mol. The van der Waals surface area contributed by atoms with E-state index in [9.17, 15) is 9.59 Å². The second-order valence-electron chi connectivity index (χ2n) is 3.70. The van der Waals surface area contributed by atoms with Gasteiger partial charge in [0.25, 0.3) is 5.91 Å². The average molecular weight is 278 g/mol. The highest BCUT2D eigenvalue weighted by atomic mass is 79.9. The minimum Gasteiger partial charge on any atom is -0.455 e. The van der Waals surface area contributed by atoms with Crippen LogP contribution in [0.3, 0.4) is 0 Å². The maximum absolute atomic E-state index is 11.3. The van der Waals surface area contributed by atoms with E-state index in [0.717, 1.165) is 12.8 Å². The summed E-state index contributed by atoms with van der Waals surface area (Å²) >= 11 is 2.96. The van der Waals surface area contributed by atoms with Gasteiger partial charge < -0.3 is 10.1 Å². The number of halogens is 1. The van der Waals surface area contributed by atoms with Gasteiger partial charge in [0, 0.05) is 6.04 Å². The van der Waals surface area contributed by atoms with Gasteiger partial charge in [-0.2, -0.15) is 0 Å². The fourth-order valence-electron chi connectivity index (χ4n) is 1.70. The quantitative estimate of drug-likeness (QED) is 0.624. The summed E-state index contributed by atoms with van der Waals surface area (Å²) in [5, 5.41) is 3.00. The maximum Gasteiger partial charge on any atom is 0.317 e. The van der Waals surface area contributed by atoms with Crippen molar-refractivity contribution in [3.05, 3.63) is 0 Å². The smallest absolute Gasteiger partial charge is 0.317 e. The van der Waals surface area contributed by atoms with Gasteiger partial charge in [-0.05, 0) is 12.8 Å². The van der Waals surface area contributed by atoms with Crippen molar-refractivity contribution < 1.29 is 14.3 Å². The highest BCUT2D eigenvalue weighted by molar-refractivity contribution is 9.09. The molecule has 0 spiro atoms. The molecule has 1 aliphatic rings. The molecule has 1 fully saturated rings. The molecule has 1 aliphatic carbocycles. The van der Waals surface area contributed by atoms with E-state index in [1.165, 1.54) is 19.3 Å². The van der Waals surface area contributed by atoms with Gasteiger partial charge in [0.15, 0.2) is 6.61 Å². The van der Waals surface area contributed by atoms with Crippen LogP contribution in [0.25, 0.3) is 0 Å². The minimum atomic E-state index is -0.409. The molecular formula is C10H16BrNO3. The van der Waals surface area contributed by atoms with Gasteiger partial charge in [-0.1, -0.05) is 35.2 Å². The van der Waals surface area contributed by atoms with Crippen molar-refractivity contribution in [2.75, 3.05) is 11.9 Å². The number of ether oxygens (including phenoxy) is 1. The van der Waals surface area contributed by atoms with Crippen molar-refractivity contribution in [3.63, 3.8) is 0 Å².